The Kier molecular flexibility index (Phi) is 7.26. The van der Waals surface area contributed by atoms with Crippen molar-refractivity contribution >= 4 is 34.4 Å². The number of hydrogen-bond donors (Lipinski definition) is 1. The Morgan fingerprint density at radius 2 is 1.56 bits per heavy atom. The number of para-hydroxylation sites is 2. The number of fused-ring (bicyclic) bond motifs is 3. The molecule has 1 spiro atoms. The summed E-state index contributed by atoms with van der Waals surface area (Å²) in [7, 11) is 0. The molecule has 1 aromatic heterocycles. The molecule has 0 radical (unpaired) electrons. The van der Waals surface area contributed by atoms with E-state index in [0.717, 1.165) is 11.2 Å². The molecule has 3 aromatic carbocycles. The third kappa shape index (κ3) is 4.37. The second kappa shape index (κ2) is 11.5. The van der Waals surface area contributed by atoms with Gasteiger partial charge >= 0.3 is 0 Å². The number of aliphatic hydroxyl groups is 1. The molecule has 2 saturated heterocycles. The zero-order chi connectivity index (χ0) is 33.0. The van der Waals surface area contributed by atoms with Gasteiger partial charge in [0.1, 0.15) is 23.8 Å². The van der Waals surface area contributed by atoms with Crippen molar-refractivity contribution in [3.05, 3.63) is 115 Å². The fraction of sp³-hybridized carbons (Fsp3) is 0.324. The molecule has 5 heterocycles. The number of anilines is 1. The summed E-state index contributed by atoms with van der Waals surface area (Å²) in [6.07, 6.45) is 7.95. The Morgan fingerprint density at radius 1 is 0.854 bits per heavy atom. The minimum Gasteiger partial charge on any atom is -0.394 e. The van der Waals surface area contributed by atoms with Crippen molar-refractivity contribution in [2.24, 2.45) is 11.8 Å². The highest BCUT2D eigenvalue weighted by Crippen LogP contribution is 2.60. The molecule has 244 valence electrons. The van der Waals surface area contributed by atoms with Crippen LogP contribution in [0.1, 0.15) is 24.9 Å². The van der Waals surface area contributed by atoms with Crippen molar-refractivity contribution in [1.29, 1.82) is 0 Å². The lowest BCUT2D eigenvalue weighted by atomic mass is 9.73. The van der Waals surface area contributed by atoms with E-state index in [9.17, 15) is 9.90 Å². The van der Waals surface area contributed by atoms with E-state index < -0.39 is 47.6 Å². The minimum absolute atomic E-state index is 0.0844. The number of aliphatic hydroxyl groups excluding tert-OH is 1. The number of ether oxygens (including phenoxy) is 1. The van der Waals surface area contributed by atoms with Gasteiger partial charge in [-0.1, -0.05) is 97.1 Å². The molecule has 1 N–H and O–H groups in total. The van der Waals surface area contributed by atoms with Crippen LogP contribution in [0.2, 0.25) is 0 Å². The first kappa shape index (κ1) is 30.2. The summed E-state index contributed by atoms with van der Waals surface area (Å²) in [6.45, 7) is 2.16. The van der Waals surface area contributed by atoms with Gasteiger partial charge in [0.25, 0.3) is 5.91 Å². The molecule has 6 atom stereocenters. The summed E-state index contributed by atoms with van der Waals surface area (Å²) in [5, 5.41) is 19.5. The lowest BCUT2D eigenvalue weighted by Gasteiger charge is -2.40. The number of carbonyl (C=O) groups excluding carboxylic acids is 3. The number of rotatable bonds is 7. The van der Waals surface area contributed by atoms with Crippen molar-refractivity contribution in [2.75, 3.05) is 24.6 Å². The van der Waals surface area contributed by atoms with Crippen LogP contribution in [0.15, 0.2) is 109 Å². The van der Waals surface area contributed by atoms with Gasteiger partial charge in [0.2, 0.25) is 11.8 Å². The van der Waals surface area contributed by atoms with Gasteiger partial charge in [0, 0.05) is 18.8 Å². The average Bonchev–Trinajstić information content (AvgIpc) is 3.66. The average molecular weight is 645 g/mol. The lowest BCUT2D eigenvalue weighted by molar-refractivity contribution is -0.156. The van der Waals surface area contributed by atoms with Gasteiger partial charge in [-0.05, 0) is 36.2 Å². The fourth-order valence-corrected chi connectivity index (χ4v) is 8.26. The summed E-state index contributed by atoms with van der Waals surface area (Å²) in [5.41, 5.74) is 0.258. The highest BCUT2D eigenvalue weighted by Gasteiger charge is 2.76. The van der Waals surface area contributed by atoms with Crippen molar-refractivity contribution in [2.45, 2.75) is 43.3 Å². The van der Waals surface area contributed by atoms with Crippen LogP contribution in [0.25, 0.3) is 11.0 Å². The van der Waals surface area contributed by atoms with Crippen LogP contribution in [-0.2, 0) is 25.8 Å². The topological polar surface area (TPSA) is 121 Å². The molecule has 1 unspecified atom stereocenters. The smallest absolute Gasteiger partial charge is 0.250 e. The largest absolute Gasteiger partial charge is 0.394 e. The molecule has 11 nitrogen and oxygen atoms in total. The van der Waals surface area contributed by atoms with Gasteiger partial charge in [-0.15, -0.1) is 5.10 Å². The molecule has 3 amide bonds. The Hall–Kier alpha value is -5.13. The maximum Gasteiger partial charge on any atom is 0.250 e. The molecule has 0 aliphatic carbocycles. The Bertz CT molecular complexity index is 1950. The summed E-state index contributed by atoms with van der Waals surface area (Å²) in [6, 6.07) is 24.1. The van der Waals surface area contributed by atoms with E-state index in [1.54, 1.807) is 14.5 Å². The van der Waals surface area contributed by atoms with Gasteiger partial charge in [-0.3, -0.25) is 14.4 Å². The van der Waals surface area contributed by atoms with Crippen LogP contribution < -0.4 is 4.90 Å². The van der Waals surface area contributed by atoms with E-state index in [2.05, 4.69) is 10.3 Å². The van der Waals surface area contributed by atoms with Crippen LogP contribution in [0.4, 0.5) is 5.69 Å². The molecular weight excluding hydrogens is 608 g/mol. The quantitative estimate of drug-likeness (QED) is 0.306. The number of nitrogens with zero attached hydrogens (tertiary/aromatic N) is 6. The van der Waals surface area contributed by atoms with E-state index in [0.29, 0.717) is 24.0 Å². The van der Waals surface area contributed by atoms with Gasteiger partial charge in [0.05, 0.1) is 35.6 Å². The van der Waals surface area contributed by atoms with E-state index in [1.165, 1.54) is 4.90 Å². The summed E-state index contributed by atoms with van der Waals surface area (Å²) >= 11 is 0. The molecule has 0 saturated carbocycles. The minimum atomic E-state index is -1.48. The SMILES string of the molecule is CC[C@]12C=CCN(c3ccccc3)C(=O)[C@H]1[C@H]1C(=O)N([C@H](CO)c3ccccc3)C3C(=O)N(Cn4nnc5ccccc54)CC=C[C@@]31O2. The summed E-state index contributed by atoms with van der Waals surface area (Å²) < 4.78 is 8.80. The predicted octanol–water partition coefficient (Wildman–Crippen LogP) is 3.48. The van der Waals surface area contributed by atoms with Crippen LogP contribution in [0, 0.1) is 11.8 Å². The molecule has 11 heteroatoms. The van der Waals surface area contributed by atoms with Crippen LogP contribution >= 0.6 is 0 Å². The molecule has 48 heavy (non-hydrogen) atoms. The summed E-state index contributed by atoms with van der Waals surface area (Å²) in [5.74, 6) is -2.93. The first-order valence-electron chi connectivity index (χ1n) is 16.4. The number of aromatic nitrogens is 3. The standard InChI is InChI=1S/C37H36N6O5/c1-2-36-19-11-22-41(26-15-7-4-8-16-26)33(45)30(36)31-34(46)43(29(23-44)25-13-5-3-6-14-25)32-35(47)40(21-12-20-37(31,32)48-36)24-42-28-18-10-9-17-27(28)38-39-42/h3-20,29-32,44H,2,21-24H2,1H3/t29-,30-,31+,32?,36+,37+/m1/s1. The third-order valence-electron chi connectivity index (χ3n) is 10.4. The van der Waals surface area contributed by atoms with Crippen molar-refractivity contribution in [3.63, 3.8) is 0 Å². The second-order valence-corrected chi connectivity index (χ2v) is 12.8. The first-order valence-corrected chi connectivity index (χ1v) is 16.4. The Labute approximate surface area is 277 Å². The third-order valence-corrected chi connectivity index (χ3v) is 10.4. The maximum absolute atomic E-state index is 15.1. The number of likely N-dealkylation sites (tertiary alicyclic amines) is 1. The molecule has 4 aliphatic heterocycles. The second-order valence-electron chi connectivity index (χ2n) is 12.8. The highest BCUT2D eigenvalue weighted by molar-refractivity contribution is 6.04. The number of benzene rings is 3. The number of carbonyl (C=O) groups is 3. The Balaban J connectivity index is 1.27. The molecule has 8 rings (SSSR count). The maximum atomic E-state index is 15.1. The molecule has 4 aromatic rings. The molecule has 4 aliphatic rings. The van der Waals surface area contributed by atoms with E-state index >= 15 is 9.59 Å². The van der Waals surface area contributed by atoms with Gasteiger partial charge < -0.3 is 24.5 Å². The van der Waals surface area contributed by atoms with Gasteiger partial charge in [-0.25, -0.2) is 4.68 Å². The zero-order valence-corrected chi connectivity index (χ0v) is 26.5. The highest BCUT2D eigenvalue weighted by atomic mass is 16.5. The fourth-order valence-electron chi connectivity index (χ4n) is 8.26. The van der Waals surface area contributed by atoms with Gasteiger partial charge in [0.15, 0.2) is 0 Å². The van der Waals surface area contributed by atoms with E-state index in [1.807, 2.05) is 116 Å². The number of hydrogen-bond acceptors (Lipinski definition) is 7. The number of amides is 3. The first-order chi connectivity index (χ1) is 23.4. The molecular formula is C37H36N6O5. The normalized spacial score (nSPS) is 28.8. The van der Waals surface area contributed by atoms with Crippen molar-refractivity contribution < 1.29 is 24.2 Å². The van der Waals surface area contributed by atoms with Gasteiger partial charge in [-0.2, -0.15) is 0 Å². The van der Waals surface area contributed by atoms with Crippen LogP contribution in [-0.4, -0.2) is 84.6 Å². The van der Waals surface area contributed by atoms with E-state index in [4.69, 9.17) is 4.74 Å². The van der Waals surface area contributed by atoms with E-state index in [-0.39, 0.29) is 25.0 Å². The zero-order valence-electron chi connectivity index (χ0n) is 26.5. The Morgan fingerprint density at radius 3 is 2.31 bits per heavy atom. The summed E-state index contributed by atoms with van der Waals surface area (Å²) in [4.78, 5) is 49.7. The van der Waals surface area contributed by atoms with Crippen LogP contribution in [0.3, 0.4) is 0 Å². The monoisotopic (exact) mass is 644 g/mol. The predicted molar refractivity (Wildman–Crippen MR) is 177 cm³/mol. The van der Waals surface area contributed by atoms with Crippen LogP contribution in [0.5, 0.6) is 0 Å². The molecule has 0 bridgehead atoms. The van der Waals surface area contributed by atoms with Crippen molar-refractivity contribution in [3.8, 4) is 0 Å². The molecule has 2 fully saturated rings. The lowest BCUT2D eigenvalue weighted by Crippen LogP contribution is -2.57. The van der Waals surface area contributed by atoms with Crippen molar-refractivity contribution in [1.82, 2.24) is 24.8 Å².